The average molecular weight is 531 g/mol. The minimum Gasteiger partial charge on any atom is -0.382 e. The van der Waals surface area contributed by atoms with Gasteiger partial charge in [-0.2, -0.15) is 0 Å². The summed E-state index contributed by atoms with van der Waals surface area (Å²) in [6, 6.07) is 8.98. The molecule has 0 saturated carbocycles. The molecule has 2 N–H and O–H groups in total. The lowest BCUT2D eigenvalue weighted by Gasteiger charge is -2.35. The van der Waals surface area contributed by atoms with Gasteiger partial charge in [-0.25, -0.2) is 4.99 Å². The quantitative estimate of drug-likeness (QED) is 0.222. The van der Waals surface area contributed by atoms with Crippen LogP contribution in [0.2, 0.25) is 0 Å². The molecule has 1 aromatic carbocycles. The maximum absolute atomic E-state index is 12.0. The average Bonchev–Trinajstić information content (AvgIpc) is 2.72. The maximum atomic E-state index is 12.0. The van der Waals surface area contributed by atoms with Crippen molar-refractivity contribution in [2.75, 3.05) is 58.4 Å². The molecule has 1 saturated heterocycles. The summed E-state index contributed by atoms with van der Waals surface area (Å²) in [5.74, 6) is 0.692. The van der Waals surface area contributed by atoms with Crippen LogP contribution in [0, 0.1) is 6.92 Å². The molecule has 30 heavy (non-hydrogen) atoms. The van der Waals surface area contributed by atoms with Crippen molar-refractivity contribution in [2.45, 2.75) is 39.2 Å². The summed E-state index contributed by atoms with van der Waals surface area (Å²) in [5, 5.41) is 6.89. The Hall–Kier alpha value is -1.55. The number of amides is 1. The number of likely N-dealkylation sites (N-methyl/N-ethyl adjacent to an activating group) is 1. The minimum absolute atomic E-state index is 0. The Labute approximate surface area is 198 Å². The number of guanidine groups is 1. The van der Waals surface area contributed by atoms with E-state index in [4.69, 9.17) is 4.74 Å². The molecule has 0 radical (unpaired) electrons. The van der Waals surface area contributed by atoms with Crippen molar-refractivity contribution in [2.24, 2.45) is 4.99 Å². The molecule has 0 aliphatic carbocycles. The van der Waals surface area contributed by atoms with Crippen molar-refractivity contribution < 1.29 is 9.53 Å². The molecule has 1 heterocycles. The zero-order chi connectivity index (χ0) is 21.1. The zero-order valence-corrected chi connectivity index (χ0v) is 21.1. The first-order valence-electron chi connectivity index (χ1n) is 10.6. The Kier molecular flexibility index (Phi) is 12.8. The van der Waals surface area contributed by atoms with E-state index in [9.17, 15) is 4.79 Å². The smallest absolute Gasteiger partial charge is 0.243 e. The Morgan fingerprint density at radius 3 is 2.70 bits per heavy atom. The summed E-state index contributed by atoms with van der Waals surface area (Å²) >= 11 is 0. The Morgan fingerprint density at radius 1 is 1.30 bits per heavy atom. The molecule has 0 aromatic heterocycles. The number of nitrogens with zero attached hydrogens (tertiary/aromatic N) is 3. The molecule has 8 heteroatoms. The highest BCUT2D eigenvalue weighted by atomic mass is 127. The molecule has 7 nitrogen and oxygen atoms in total. The topological polar surface area (TPSA) is 69.2 Å². The number of aliphatic imine (C=N–C) groups is 1. The number of rotatable bonds is 9. The van der Waals surface area contributed by atoms with Crippen molar-refractivity contribution >= 4 is 41.5 Å². The number of hydrogen-bond donors (Lipinski definition) is 2. The summed E-state index contributed by atoms with van der Waals surface area (Å²) < 4.78 is 5.40. The van der Waals surface area contributed by atoms with Gasteiger partial charge in [0, 0.05) is 58.7 Å². The molecule has 1 aliphatic rings. The third-order valence-electron chi connectivity index (χ3n) is 4.99. The van der Waals surface area contributed by atoms with Crippen LogP contribution in [0.25, 0.3) is 0 Å². The number of halogens is 1. The highest BCUT2D eigenvalue weighted by Gasteiger charge is 2.21. The fourth-order valence-electron chi connectivity index (χ4n) is 3.24. The summed E-state index contributed by atoms with van der Waals surface area (Å²) in [4.78, 5) is 20.4. The van der Waals surface area contributed by atoms with Crippen LogP contribution in [-0.2, 0) is 9.53 Å². The van der Waals surface area contributed by atoms with E-state index >= 15 is 0 Å². The Balaban J connectivity index is 0.00000450. The second-order valence-corrected chi connectivity index (χ2v) is 7.70. The highest BCUT2D eigenvalue weighted by molar-refractivity contribution is 14.0. The van der Waals surface area contributed by atoms with Crippen LogP contribution in [0.1, 0.15) is 31.7 Å². The third-order valence-corrected chi connectivity index (χ3v) is 4.99. The second kappa shape index (κ2) is 14.5. The van der Waals surface area contributed by atoms with Crippen molar-refractivity contribution in [3.8, 4) is 0 Å². The van der Waals surface area contributed by atoms with Gasteiger partial charge < -0.3 is 25.2 Å². The molecular weight excluding hydrogens is 493 g/mol. The lowest BCUT2D eigenvalue weighted by molar-refractivity contribution is -0.127. The number of nitrogens with one attached hydrogen (secondary N) is 2. The number of hydrogen-bond acceptors (Lipinski definition) is 4. The Bertz CT molecular complexity index is 651. The van der Waals surface area contributed by atoms with Crippen molar-refractivity contribution in [3.05, 3.63) is 29.8 Å². The molecule has 1 amide bonds. The normalized spacial score (nSPS) is 16.6. The number of anilines is 1. The van der Waals surface area contributed by atoms with Gasteiger partial charge in [-0.3, -0.25) is 4.79 Å². The first kappa shape index (κ1) is 26.5. The van der Waals surface area contributed by atoms with Crippen LogP contribution in [0.5, 0.6) is 0 Å². The van der Waals surface area contributed by atoms with Crippen LogP contribution >= 0.6 is 24.0 Å². The molecule has 1 fully saturated rings. The molecule has 1 aliphatic heterocycles. The van der Waals surface area contributed by atoms with E-state index in [0.717, 1.165) is 52.1 Å². The van der Waals surface area contributed by atoms with Crippen LogP contribution in [0.15, 0.2) is 29.3 Å². The van der Waals surface area contributed by atoms with Gasteiger partial charge in [-0.05, 0) is 45.2 Å². The zero-order valence-electron chi connectivity index (χ0n) is 18.8. The SMILES string of the molecule is CCOCCCNC(=NCC(=O)N(C)C)NC1CCCN(c2ccc(C)cc2)C1.I. The van der Waals surface area contributed by atoms with Gasteiger partial charge in [0.05, 0.1) is 0 Å². The Morgan fingerprint density at radius 2 is 2.03 bits per heavy atom. The van der Waals surface area contributed by atoms with Gasteiger partial charge >= 0.3 is 0 Å². The number of benzene rings is 1. The van der Waals surface area contributed by atoms with E-state index in [-0.39, 0.29) is 42.5 Å². The molecule has 0 spiro atoms. The fourth-order valence-corrected chi connectivity index (χ4v) is 3.24. The lowest BCUT2D eigenvalue weighted by atomic mass is 10.0. The minimum atomic E-state index is -0.00894. The fraction of sp³-hybridized carbons (Fsp3) is 0.636. The maximum Gasteiger partial charge on any atom is 0.243 e. The predicted molar refractivity (Wildman–Crippen MR) is 135 cm³/mol. The molecule has 1 atom stereocenters. The third kappa shape index (κ3) is 9.51. The largest absolute Gasteiger partial charge is 0.382 e. The first-order valence-corrected chi connectivity index (χ1v) is 10.6. The highest BCUT2D eigenvalue weighted by Crippen LogP contribution is 2.20. The monoisotopic (exact) mass is 531 g/mol. The summed E-state index contributed by atoms with van der Waals surface area (Å²) in [7, 11) is 3.50. The number of piperidine rings is 1. The van der Waals surface area contributed by atoms with Gasteiger partial charge in [0.25, 0.3) is 0 Å². The van der Waals surface area contributed by atoms with E-state index in [0.29, 0.717) is 5.96 Å². The summed E-state index contributed by atoms with van der Waals surface area (Å²) in [6.07, 6.45) is 3.11. The predicted octanol–water partition coefficient (Wildman–Crippen LogP) is 2.63. The molecule has 1 unspecified atom stereocenters. The van der Waals surface area contributed by atoms with Gasteiger partial charge in [-0.15, -0.1) is 24.0 Å². The number of ether oxygens (including phenoxy) is 1. The van der Waals surface area contributed by atoms with Gasteiger partial charge in [0.15, 0.2) is 5.96 Å². The second-order valence-electron chi connectivity index (χ2n) is 7.70. The molecule has 170 valence electrons. The van der Waals surface area contributed by atoms with Gasteiger partial charge in [0.1, 0.15) is 6.54 Å². The van der Waals surface area contributed by atoms with E-state index in [2.05, 4.69) is 51.7 Å². The molecule has 0 bridgehead atoms. The molecular formula is C22H38IN5O2. The van der Waals surface area contributed by atoms with Crippen LogP contribution in [-0.4, -0.2) is 76.3 Å². The molecule has 1 aromatic rings. The van der Waals surface area contributed by atoms with E-state index in [1.807, 2.05) is 6.92 Å². The van der Waals surface area contributed by atoms with Gasteiger partial charge in [-0.1, -0.05) is 17.7 Å². The number of aryl methyl sites for hydroxylation is 1. The summed E-state index contributed by atoms with van der Waals surface area (Å²) in [5.41, 5.74) is 2.53. The van der Waals surface area contributed by atoms with Gasteiger partial charge in [0.2, 0.25) is 5.91 Å². The van der Waals surface area contributed by atoms with Crippen molar-refractivity contribution in [3.63, 3.8) is 0 Å². The number of carbonyl (C=O) groups excluding carboxylic acids is 1. The number of carbonyl (C=O) groups is 1. The van der Waals surface area contributed by atoms with Crippen molar-refractivity contribution in [1.29, 1.82) is 0 Å². The summed E-state index contributed by atoms with van der Waals surface area (Å²) in [6.45, 7) is 8.44. The standard InChI is InChI=1S/C22H37N5O2.HI/c1-5-29-15-7-13-23-22(24-16-21(28)26(3)4)25-19-8-6-14-27(17-19)20-11-9-18(2)10-12-20;/h9-12,19H,5-8,13-17H2,1-4H3,(H2,23,24,25);1H. The van der Waals surface area contributed by atoms with Crippen molar-refractivity contribution in [1.82, 2.24) is 15.5 Å². The van der Waals surface area contributed by atoms with Crippen LogP contribution in [0.3, 0.4) is 0 Å². The van der Waals surface area contributed by atoms with E-state index < -0.39 is 0 Å². The van der Waals surface area contributed by atoms with Crippen LogP contribution in [0.4, 0.5) is 5.69 Å². The van der Waals surface area contributed by atoms with Crippen LogP contribution < -0.4 is 15.5 Å². The first-order chi connectivity index (χ1) is 14.0. The lowest BCUT2D eigenvalue weighted by Crippen LogP contribution is -2.51. The molecule has 2 rings (SSSR count). The van der Waals surface area contributed by atoms with E-state index in [1.54, 1.807) is 19.0 Å². The van der Waals surface area contributed by atoms with E-state index in [1.165, 1.54) is 11.3 Å².